The summed E-state index contributed by atoms with van der Waals surface area (Å²) < 4.78 is 10.7. The molecule has 0 saturated heterocycles. The van der Waals surface area contributed by atoms with Crippen LogP contribution in [-0.2, 0) is 17.9 Å². The van der Waals surface area contributed by atoms with E-state index in [-0.39, 0.29) is 11.8 Å². The first kappa shape index (κ1) is 13.9. The molecule has 112 valence electrons. The second kappa shape index (κ2) is 6.18. The van der Waals surface area contributed by atoms with Gasteiger partial charge in [-0.25, -0.2) is 0 Å². The molecule has 0 spiro atoms. The second-order valence-corrected chi connectivity index (χ2v) is 5.46. The van der Waals surface area contributed by atoms with Crippen molar-refractivity contribution in [2.24, 2.45) is 5.92 Å². The third-order valence-electron chi connectivity index (χ3n) is 3.96. The molecule has 0 aliphatic heterocycles. The van der Waals surface area contributed by atoms with E-state index in [9.17, 15) is 9.90 Å². The summed E-state index contributed by atoms with van der Waals surface area (Å²) in [6, 6.07) is 7.28. The molecule has 0 aromatic carbocycles. The van der Waals surface area contributed by atoms with Crippen LogP contribution in [0.4, 0.5) is 0 Å². The lowest BCUT2D eigenvalue weighted by Gasteiger charge is -2.25. The molecule has 21 heavy (non-hydrogen) atoms. The molecule has 1 amide bonds. The molecule has 1 aliphatic rings. The van der Waals surface area contributed by atoms with Crippen LogP contribution in [0, 0.1) is 5.92 Å². The summed E-state index contributed by atoms with van der Waals surface area (Å²) in [4.78, 5) is 14.4. The zero-order chi connectivity index (χ0) is 14.7. The zero-order valence-electron chi connectivity index (χ0n) is 11.8. The van der Waals surface area contributed by atoms with Gasteiger partial charge in [-0.15, -0.1) is 0 Å². The number of amides is 1. The first-order chi connectivity index (χ1) is 10.2. The Morgan fingerprint density at radius 3 is 2.19 bits per heavy atom. The fraction of sp³-hybridized carbons (Fsp3) is 0.438. The lowest BCUT2D eigenvalue weighted by Crippen LogP contribution is -2.38. The minimum Gasteiger partial charge on any atom is -0.467 e. The van der Waals surface area contributed by atoms with Crippen molar-refractivity contribution in [1.82, 2.24) is 4.90 Å². The van der Waals surface area contributed by atoms with Crippen LogP contribution in [0.3, 0.4) is 0 Å². The monoisotopic (exact) mass is 289 g/mol. The number of rotatable bonds is 5. The van der Waals surface area contributed by atoms with Gasteiger partial charge >= 0.3 is 0 Å². The van der Waals surface area contributed by atoms with Gasteiger partial charge in [0, 0.05) is 0 Å². The number of carbonyl (C=O) groups excluding carboxylic acids is 1. The van der Waals surface area contributed by atoms with Gasteiger partial charge in [0.15, 0.2) is 0 Å². The van der Waals surface area contributed by atoms with E-state index in [1.54, 1.807) is 29.6 Å². The minimum absolute atomic E-state index is 0.0344. The third kappa shape index (κ3) is 3.19. The highest BCUT2D eigenvalue weighted by Crippen LogP contribution is 2.28. The highest BCUT2D eigenvalue weighted by atomic mass is 16.3. The molecule has 1 saturated carbocycles. The van der Waals surface area contributed by atoms with Gasteiger partial charge in [-0.05, 0) is 43.5 Å². The number of aliphatic hydroxyl groups is 1. The first-order valence-electron chi connectivity index (χ1n) is 7.25. The lowest BCUT2D eigenvalue weighted by atomic mass is 10.0. The summed E-state index contributed by atoms with van der Waals surface area (Å²) in [6.45, 7) is 0.769. The summed E-state index contributed by atoms with van der Waals surface area (Å²) in [5.41, 5.74) is 0. The molecule has 2 aromatic rings. The molecule has 0 radical (unpaired) electrons. The summed E-state index contributed by atoms with van der Waals surface area (Å²) in [7, 11) is 0. The normalized spacial score (nSPS) is 21.6. The maximum Gasteiger partial charge on any atom is 0.229 e. The highest BCUT2D eigenvalue weighted by Gasteiger charge is 2.34. The number of hydrogen-bond acceptors (Lipinski definition) is 4. The highest BCUT2D eigenvalue weighted by molar-refractivity contribution is 5.79. The quantitative estimate of drug-likeness (QED) is 0.918. The molecule has 2 unspecified atom stereocenters. The van der Waals surface area contributed by atoms with Gasteiger partial charge in [-0.3, -0.25) is 4.79 Å². The van der Waals surface area contributed by atoms with E-state index in [4.69, 9.17) is 8.83 Å². The van der Waals surface area contributed by atoms with Crippen LogP contribution in [0.2, 0.25) is 0 Å². The van der Waals surface area contributed by atoms with Crippen LogP contribution < -0.4 is 0 Å². The summed E-state index contributed by atoms with van der Waals surface area (Å²) in [6.07, 6.45) is 4.99. The van der Waals surface area contributed by atoms with Gasteiger partial charge in [-0.2, -0.15) is 0 Å². The van der Waals surface area contributed by atoms with E-state index in [1.807, 2.05) is 12.1 Å². The fourth-order valence-electron chi connectivity index (χ4n) is 2.86. The Bertz CT molecular complexity index is 525. The molecular formula is C16H19NO4. The van der Waals surface area contributed by atoms with E-state index in [2.05, 4.69) is 0 Å². The van der Waals surface area contributed by atoms with E-state index in [0.29, 0.717) is 19.5 Å². The van der Waals surface area contributed by atoms with Gasteiger partial charge in [0.1, 0.15) is 11.5 Å². The minimum atomic E-state index is -0.534. The van der Waals surface area contributed by atoms with Crippen LogP contribution in [-0.4, -0.2) is 22.0 Å². The topological polar surface area (TPSA) is 66.8 Å². The fourth-order valence-corrected chi connectivity index (χ4v) is 2.86. The Labute approximate surface area is 123 Å². The molecule has 2 aromatic heterocycles. The van der Waals surface area contributed by atoms with E-state index < -0.39 is 6.10 Å². The molecule has 2 atom stereocenters. The first-order valence-corrected chi connectivity index (χ1v) is 7.25. The van der Waals surface area contributed by atoms with Crippen molar-refractivity contribution in [2.45, 2.75) is 38.5 Å². The van der Waals surface area contributed by atoms with Crippen LogP contribution >= 0.6 is 0 Å². The van der Waals surface area contributed by atoms with Crippen molar-refractivity contribution in [2.75, 3.05) is 0 Å². The Hall–Kier alpha value is -2.01. The Kier molecular flexibility index (Phi) is 4.10. The molecular weight excluding hydrogens is 270 g/mol. The van der Waals surface area contributed by atoms with E-state index >= 15 is 0 Å². The van der Waals surface area contributed by atoms with Crippen molar-refractivity contribution in [1.29, 1.82) is 0 Å². The van der Waals surface area contributed by atoms with Crippen molar-refractivity contribution < 1.29 is 18.7 Å². The van der Waals surface area contributed by atoms with Crippen molar-refractivity contribution in [3.8, 4) is 0 Å². The molecule has 1 fully saturated rings. The van der Waals surface area contributed by atoms with Crippen molar-refractivity contribution in [3.05, 3.63) is 48.3 Å². The molecule has 1 aliphatic carbocycles. The van der Waals surface area contributed by atoms with E-state index in [1.165, 1.54) is 0 Å². The maximum atomic E-state index is 12.7. The third-order valence-corrected chi connectivity index (χ3v) is 3.96. The van der Waals surface area contributed by atoms with E-state index in [0.717, 1.165) is 24.4 Å². The summed E-state index contributed by atoms with van der Waals surface area (Å²) in [5, 5.41) is 9.97. The van der Waals surface area contributed by atoms with Crippen molar-refractivity contribution >= 4 is 5.91 Å². The largest absolute Gasteiger partial charge is 0.467 e. The van der Waals surface area contributed by atoms with Gasteiger partial charge in [0.2, 0.25) is 5.91 Å². The number of furan rings is 2. The van der Waals surface area contributed by atoms with Crippen LogP contribution in [0.25, 0.3) is 0 Å². The van der Waals surface area contributed by atoms with Crippen molar-refractivity contribution in [3.63, 3.8) is 0 Å². The average molecular weight is 289 g/mol. The average Bonchev–Trinajstić information content (AvgIpc) is 3.19. The van der Waals surface area contributed by atoms with Crippen LogP contribution in [0.5, 0.6) is 0 Å². The number of hydrogen-bond donors (Lipinski definition) is 1. The van der Waals surface area contributed by atoms with Gasteiger partial charge < -0.3 is 18.8 Å². The SMILES string of the molecule is O=C(C1CCCC1O)N(Cc1ccco1)Cc1ccco1. The summed E-state index contributed by atoms with van der Waals surface area (Å²) >= 11 is 0. The number of aliphatic hydroxyl groups excluding tert-OH is 1. The molecule has 3 rings (SSSR count). The standard InChI is InChI=1S/C16H19NO4/c18-15-7-1-6-14(15)16(19)17(10-12-4-2-8-20-12)11-13-5-3-9-21-13/h2-5,8-9,14-15,18H,1,6-7,10-11H2. The smallest absolute Gasteiger partial charge is 0.229 e. The van der Waals surface area contributed by atoms with Gasteiger partial charge in [0.05, 0.1) is 37.6 Å². The molecule has 5 heteroatoms. The Morgan fingerprint density at radius 1 is 1.14 bits per heavy atom. The molecule has 5 nitrogen and oxygen atoms in total. The van der Waals surface area contributed by atoms with Gasteiger partial charge in [-0.1, -0.05) is 0 Å². The molecule has 2 heterocycles. The summed E-state index contributed by atoms with van der Waals surface area (Å²) in [5.74, 6) is 1.10. The maximum absolute atomic E-state index is 12.7. The van der Waals surface area contributed by atoms with Crippen LogP contribution in [0.1, 0.15) is 30.8 Å². The Morgan fingerprint density at radius 2 is 1.76 bits per heavy atom. The number of nitrogens with zero attached hydrogens (tertiary/aromatic N) is 1. The number of carbonyl (C=O) groups is 1. The molecule has 1 N–H and O–H groups in total. The molecule has 0 bridgehead atoms. The zero-order valence-corrected chi connectivity index (χ0v) is 11.8. The predicted octanol–water partition coefficient (Wildman–Crippen LogP) is 2.56. The predicted molar refractivity (Wildman–Crippen MR) is 75.0 cm³/mol. The second-order valence-electron chi connectivity index (χ2n) is 5.46. The lowest BCUT2D eigenvalue weighted by molar-refractivity contribution is -0.140. The van der Waals surface area contributed by atoms with Crippen LogP contribution in [0.15, 0.2) is 45.6 Å². The van der Waals surface area contributed by atoms with Gasteiger partial charge in [0.25, 0.3) is 0 Å². The Balaban J connectivity index is 1.75.